The zero-order valence-electron chi connectivity index (χ0n) is 13.9. The van der Waals surface area contributed by atoms with Crippen molar-refractivity contribution in [3.63, 3.8) is 0 Å². The standard InChI is InChI=1S/C16H21N5O3/c1-11-14(12(2)24-20-11)3-4-17-15(22)13-9-18-16(19-10-13)21-5-7-23-8-6-21/h9-10H,3-8H2,1-2H3,(H,17,22). The maximum atomic E-state index is 12.2. The fraction of sp³-hybridized carbons (Fsp3) is 0.500. The Bertz CT molecular complexity index is 673. The Balaban J connectivity index is 1.53. The van der Waals surface area contributed by atoms with Gasteiger partial charge in [-0.25, -0.2) is 9.97 Å². The largest absolute Gasteiger partial charge is 0.378 e. The van der Waals surface area contributed by atoms with Crippen LogP contribution in [0.2, 0.25) is 0 Å². The SMILES string of the molecule is Cc1noc(C)c1CCNC(=O)c1cnc(N2CCOCC2)nc1. The molecule has 3 heterocycles. The number of carbonyl (C=O) groups is 1. The maximum Gasteiger partial charge on any atom is 0.254 e. The van der Waals surface area contributed by atoms with Crippen LogP contribution in [0.3, 0.4) is 0 Å². The zero-order valence-corrected chi connectivity index (χ0v) is 13.9. The summed E-state index contributed by atoms with van der Waals surface area (Å²) in [4.78, 5) is 22.8. The number of morpholine rings is 1. The Hall–Kier alpha value is -2.48. The van der Waals surface area contributed by atoms with Crippen LogP contribution in [0.1, 0.15) is 27.4 Å². The monoisotopic (exact) mass is 331 g/mol. The maximum absolute atomic E-state index is 12.2. The predicted molar refractivity (Wildman–Crippen MR) is 87.1 cm³/mol. The van der Waals surface area contributed by atoms with E-state index in [1.807, 2.05) is 18.7 Å². The van der Waals surface area contributed by atoms with E-state index in [2.05, 4.69) is 20.4 Å². The summed E-state index contributed by atoms with van der Waals surface area (Å²) in [6.45, 7) is 7.15. The minimum Gasteiger partial charge on any atom is -0.378 e. The van der Waals surface area contributed by atoms with E-state index in [1.54, 1.807) is 12.4 Å². The molecule has 8 heteroatoms. The van der Waals surface area contributed by atoms with Crippen molar-refractivity contribution in [2.24, 2.45) is 0 Å². The van der Waals surface area contributed by atoms with E-state index in [4.69, 9.17) is 9.26 Å². The third-order valence-electron chi connectivity index (χ3n) is 4.04. The number of nitrogens with one attached hydrogen (secondary N) is 1. The number of hydrogen-bond donors (Lipinski definition) is 1. The van der Waals surface area contributed by atoms with Crippen LogP contribution >= 0.6 is 0 Å². The van der Waals surface area contributed by atoms with Gasteiger partial charge in [0, 0.05) is 37.6 Å². The molecule has 128 valence electrons. The Morgan fingerprint density at radius 3 is 2.58 bits per heavy atom. The summed E-state index contributed by atoms with van der Waals surface area (Å²) < 4.78 is 10.4. The van der Waals surface area contributed by atoms with Crippen LogP contribution in [0.5, 0.6) is 0 Å². The predicted octanol–water partition coefficient (Wildman–Crippen LogP) is 0.891. The molecule has 1 N–H and O–H groups in total. The van der Waals surface area contributed by atoms with Gasteiger partial charge in [-0.15, -0.1) is 0 Å². The lowest BCUT2D eigenvalue weighted by Crippen LogP contribution is -2.37. The fourth-order valence-corrected chi connectivity index (χ4v) is 2.63. The molecule has 0 aromatic carbocycles. The minimum atomic E-state index is -0.185. The topological polar surface area (TPSA) is 93.4 Å². The molecule has 0 unspecified atom stereocenters. The highest BCUT2D eigenvalue weighted by Gasteiger charge is 2.15. The average molecular weight is 331 g/mol. The van der Waals surface area contributed by atoms with E-state index in [1.165, 1.54) is 0 Å². The average Bonchev–Trinajstić information content (AvgIpc) is 2.94. The summed E-state index contributed by atoms with van der Waals surface area (Å²) in [5.74, 6) is 1.24. The number of anilines is 1. The van der Waals surface area contributed by atoms with Gasteiger partial charge in [-0.3, -0.25) is 4.79 Å². The van der Waals surface area contributed by atoms with Crippen LogP contribution in [0, 0.1) is 13.8 Å². The first-order valence-electron chi connectivity index (χ1n) is 8.00. The number of rotatable bonds is 5. The molecule has 8 nitrogen and oxygen atoms in total. The Labute approximate surface area is 140 Å². The molecule has 3 rings (SSSR count). The molecule has 2 aromatic rings. The Morgan fingerprint density at radius 1 is 1.25 bits per heavy atom. The van der Waals surface area contributed by atoms with Crippen LogP contribution in [0.25, 0.3) is 0 Å². The fourth-order valence-electron chi connectivity index (χ4n) is 2.63. The first-order valence-corrected chi connectivity index (χ1v) is 8.00. The van der Waals surface area contributed by atoms with E-state index in [0.29, 0.717) is 37.7 Å². The molecular weight excluding hydrogens is 310 g/mol. The van der Waals surface area contributed by atoms with Gasteiger partial charge in [0.05, 0.1) is 24.5 Å². The summed E-state index contributed by atoms with van der Waals surface area (Å²) >= 11 is 0. The summed E-state index contributed by atoms with van der Waals surface area (Å²) in [6.07, 6.45) is 3.80. The molecule has 0 atom stereocenters. The van der Waals surface area contributed by atoms with Crippen molar-refractivity contribution in [2.45, 2.75) is 20.3 Å². The first kappa shape index (κ1) is 16.4. The van der Waals surface area contributed by atoms with Crippen molar-refractivity contribution in [3.8, 4) is 0 Å². The number of aryl methyl sites for hydroxylation is 2. The molecule has 0 spiro atoms. The minimum absolute atomic E-state index is 0.185. The molecule has 0 bridgehead atoms. The van der Waals surface area contributed by atoms with Gasteiger partial charge in [0.15, 0.2) is 0 Å². The number of carbonyl (C=O) groups excluding carboxylic acids is 1. The second kappa shape index (κ2) is 7.39. The van der Waals surface area contributed by atoms with Gasteiger partial charge in [-0.05, 0) is 20.3 Å². The highest BCUT2D eigenvalue weighted by atomic mass is 16.5. The van der Waals surface area contributed by atoms with E-state index >= 15 is 0 Å². The Kier molecular flexibility index (Phi) is 5.05. The molecule has 24 heavy (non-hydrogen) atoms. The molecular formula is C16H21N5O3. The lowest BCUT2D eigenvalue weighted by atomic mass is 10.1. The smallest absolute Gasteiger partial charge is 0.254 e. The van der Waals surface area contributed by atoms with Crippen molar-refractivity contribution < 1.29 is 14.1 Å². The van der Waals surface area contributed by atoms with Crippen LogP contribution in [0.4, 0.5) is 5.95 Å². The molecule has 1 amide bonds. The molecule has 1 saturated heterocycles. The van der Waals surface area contributed by atoms with Gasteiger partial charge in [0.25, 0.3) is 5.91 Å². The van der Waals surface area contributed by atoms with Crippen LogP contribution in [-0.4, -0.2) is 53.9 Å². The van der Waals surface area contributed by atoms with E-state index in [9.17, 15) is 4.79 Å². The summed E-state index contributed by atoms with van der Waals surface area (Å²) in [6, 6.07) is 0. The van der Waals surface area contributed by atoms with Gasteiger partial charge in [-0.1, -0.05) is 5.16 Å². The molecule has 0 saturated carbocycles. The molecule has 2 aromatic heterocycles. The van der Waals surface area contributed by atoms with Gasteiger partial charge in [0.1, 0.15) is 5.76 Å². The molecule has 0 radical (unpaired) electrons. The van der Waals surface area contributed by atoms with E-state index < -0.39 is 0 Å². The second-order valence-electron chi connectivity index (χ2n) is 5.68. The normalized spacial score (nSPS) is 14.7. The number of ether oxygens (including phenoxy) is 1. The summed E-state index contributed by atoms with van der Waals surface area (Å²) in [5, 5.41) is 6.77. The van der Waals surface area contributed by atoms with Crippen molar-refractivity contribution in [1.82, 2.24) is 20.4 Å². The van der Waals surface area contributed by atoms with Gasteiger partial charge < -0.3 is 19.5 Å². The van der Waals surface area contributed by atoms with E-state index in [-0.39, 0.29) is 5.91 Å². The summed E-state index contributed by atoms with van der Waals surface area (Å²) in [7, 11) is 0. The molecule has 1 fully saturated rings. The van der Waals surface area contributed by atoms with Gasteiger partial charge >= 0.3 is 0 Å². The number of aromatic nitrogens is 3. The van der Waals surface area contributed by atoms with Crippen molar-refractivity contribution in [3.05, 3.63) is 35.0 Å². The molecule has 0 aliphatic carbocycles. The third kappa shape index (κ3) is 3.70. The number of amides is 1. The zero-order chi connectivity index (χ0) is 16.9. The molecule has 1 aliphatic heterocycles. The second-order valence-corrected chi connectivity index (χ2v) is 5.68. The summed E-state index contributed by atoms with van der Waals surface area (Å²) in [5.41, 5.74) is 2.35. The van der Waals surface area contributed by atoms with Crippen molar-refractivity contribution >= 4 is 11.9 Å². The highest BCUT2D eigenvalue weighted by molar-refractivity contribution is 5.93. The van der Waals surface area contributed by atoms with Crippen molar-refractivity contribution in [2.75, 3.05) is 37.7 Å². The quantitative estimate of drug-likeness (QED) is 0.869. The van der Waals surface area contributed by atoms with Gasteiger partial charge in [0.2, 0.25) is 5.95 Å². The first-order chi connectivity index (χ1) is 11.6. The van der Waals surface area contributed by atoms with Crippen LogP contribution in [0.15, 0.2) is 16.9 Å². The van der Waals surface area contributed by atoms with Crippen LogP contribution in [-0.2, 0) is 11.2 Å². The number of nitrogens with zero attached hydrogens (tertiary/aromatic N) is 4. The Morgan fingerprint density at radius 2 is 1.96 bits per heavy atom. The van der Waals surface area contributed by atoms with Crippen LogP contribution < -0.4 is 10.2 Å². The highest BCUT2D eigenvalue weighted by Crippen LogP contribution is 2.12. The lowest BCUT2D eigenvalue weighted by molar-refractivity contribution is 0.0953. The lowest BCUT2D eigenvalue weighted by Gasteiger charge is -2.26. The van der Waals surface area contributed by atoms with Crippen molar-refractivity contribution in [1.29, 1.82) is 0 Å². The third-order valence-corrected chi connectivity index (χ3v) is 4.04. The molecule has 1 aliphatic rings. The number of hydrogen-bond acceptors (Lipinski definition) is 7. The van der Waals surface area contributed by atoms with Gasteiger partial charge in [-0.2, -0.15) is 0 Å². The van der Waals surface area contributed by atoms with E-state index in [0.717, 1.165) is 30.1 Å².